The van der Waals surface area contributed by atoms with Crippen LogP contribution >= 0.6 is 0 Å². The summed E-state index contributed by atoms with van der Waals surface area (Å²) in [7, 11) is 3.57. The SMILES string of the molecule is CCC(C(=O)N(C)C)n1nc(-c2ccccc2)c(C)c1C. The highest BCUT2D eigenvalue weighted by Gasteiger charge is 2.24. The zero-order valence-electron chi connectivity index (χ0n) is 13.4. The Bertz CT molecular complexity index is 629. The van der Waals surface area contributed by atoms with Crippen molar-refractivity contribution in [1.82, 2.24) is 14.7 Å². The molecule has 0 saturated heterocycles. The van der Waals surface area contributed by atoms with Crippen molar-refractivity contribution >= 4 is 5.91 Å². The first-order valence-corrected chi connectivity index (χ1v) is 7.29. The molecule has 112 valence electrons. The minimum atomic E-state index is -0.240. The van der Waals surface area contributed by atoms with Gasteiger partial charge >= 0.3 is 0 Å². The van der Waals surface area contributed by atoms with Crippen molar-refractivity contribution in [1.29, 1.82) is 0 Å². The van der Waals surface area contributed by atoms with Gasteiger partial charge in [0.15, 0.2) is 0 Å². The third-order valence-corrected chi connectivity index (χ3v) is 3.90. The number of carbonyl (C=O) groups is 1. The van der Waals surface area contributed by atoms with Crippen LogP contribution in [0.4, 0.5) is 0 Å². The van der Waals surface area contributed by atoms with Crippen LogP contribution in [0, 0.1) is 13.8 Å². The summed E-state index contributed by atoms with van der Waals surface area (Å²) in [4.78, 5) is 14.0. The maximum atomic E-state index is 12.3. The largest absolute Gasteiger partial charge is 0.347 e. The Balaban J connectivity index is 2.49. The zero-order valence-corrected chi connectivity index (χ0v) is 13.4. The Labute approximate surface area is 126 Å². The third-order valence-electron chi connectivity index (χ3n) is 3.90. The topological polar surface area (TPSA) is 38.1 Å². The first-order chi connectivity index (χ1) is 9.97. The highest BCUT2D eigenvalue weighted by atomic mass is 16.2. The predicted molar refractivity (Wildman–Crippen MR) is 85.2 cm³/mol. The van der Waals surface area contributed by atoms with Crippen molar-refractivity contribution in [2.45, 2.75) is 33.2 Å². The number of likely N-dealkylation sites (N-methyl/N-ethyl adjacent to an activating group) is 1. The van der Waals surface area contributed by atoms with Gasteiger partial charge in [-0.15, -0.1) is 0 Å². The van der Waals surface area contributed by atoms with Crippen LogP contribution in [0.5, 0.6) is 0 Å². The molecular formula is C17H23N3O. The van der Waals surface area contributed by atoms with Gasteiger partial charge in [0.2, 0.25) is 5.91 Å². The number of amides is 1. The predicted octanol–water partition coefficient (Wildman–Crippen LogP) is 3.21. The second-order valence-corrected chi connectivity index (χ2v) is 5.53. The second kappa shape index (κ2) is 6.12. The molecule has 0 N–H and O–H groups in total. The fourth-order valence-electron chi connectivity index (χ4n) is 2.52. The molecule has 4 nitrogen and oxygen atoms in total. The minimum absolute atomic E-state index is 0.0858. The molecule has 2 aromatic rings. The van der Waals surface area contributed by atoms with Crippen LogP contribution in [-0.2, 0) is 4.79 Å². The van der Waals surface area contributed by atoms with Crippen molar-refractivity contribution < 1.29 is 4.79 Å². The lowest BCUT2D eigenvalue weighted by Crippen LogP contribution is -2.32. The summed E-state index contributed by atoms with van der Waals surface area (Å²) in [5.41, 5.74) is 4.23. The summed E-state index contributed by atoms with van der Waals surface area (Å²) in [6.45, 7) is 6.11. The summed E-state index contributed by atoms with van der Waals surface area (Å²) in [5, 5.41) is 4.72. The van der Waals surface area contributed by atoms with Gasteiger partial charge in [-0.1, -0.05) is 37.3 Å². The van der Waals surface area contributed by atoms with Gasteiger partial charge < -0.3 is 4.90 Å². The molecule has 0 spiro atoms. The van der Waals surface area contributed by atoms with Crippen molar-refractivity contribution in [2.24, 2.45) is 0 Å². The maximum Gasteiger partial charge on any atom is 0.246 e. The van der Waals surface area contributed by atoms with E-state index >= 15 is 0 Å². The number of benzene rings is 1. The van der Waals surface area contributed by atoms with Gasteiger partial charge in [0.25, 0.3) is 0 Å². The molecule has 0 aliphatic rings. The Hall–Kier alpha value is -2.10. The lowest BCUT2D eigenvalue weighted by Gasteiger charge is -2.20. The van der Waals surface area contributed by atoms with Crippen LogP contribution in [0.3, 0.4) is 0 Å². The summed E-state index contributed by atoms with van der Waals surface area (Å²) in [6.07, 6.45) is 0.729. The molecule has 0 fully saturated rings. The first kappa shape index (κ1) is 15.3. The highest BCUT2D eigenvalue weighted by molar-refractivity contribution is 5.80. The monoisotopic (exact) mass is 285 g/mol. The van der Waals surface area contributed by atoms with E-state index in [0.29, 0.717) is 0 Å². The molecule has 2 rings (SSSR count). The van der Waals surface area contributed by atoms with Crippen LogP contribution in [0.1, 0.15) is 30.6 Å². The van der Waals surface area contributed by atoms with Crippen LogP contribution in [-0.4, -0.2) is 34.7 Å². The molecule has 0 radical (unpaired) electrons. The Morgan fingerprint density at radius 3 is 2.38 bits per heavy atom. The fraction of sp³-hybridized carbons (Fsp3) is 0.412. The van der Waals surface area contributed by atoms with Gasteiger partial charge in [-0.25, -0.2) is 0 Å². The lowest BCUT2D eigenvalue weighted by molar-refractivity contribution is -0.132. The Kier molecular flexibility index (Phi) is 4.46. The van der Waals surface area contributed by atoms with Crippen molar-refractivity contribution in [3.05, 3.63) is 41.6 Å². The van der Waals surface area contributed by atoms with Crippen LogP contribution in [0.2, 0.25) is 0 Å². The Morgan fingerprint density at radius 1 is 1.24 bits per heavy atom. The molecule has 1 amide bonds. The summed E-state index contributed by atoms with van der Waals surface area (Å²) < 4.78 is 1.88. The second-order valence-electron chi connectivity index (χ2n) is 5.53. The molecule has 0 aliphatic carbocycles. The molecule has 1 aromatic heterocycles. The van der Waals surface area contributed by atoms with E-state index in [2.05, 4.69) is 6.92 Å². The molecular weight excluding hydrogens is 262 g/mol. The molecule has 1 heterocycles. The minimum Gasteiger partial charge on any atom is -0.347 e. The number of nitrogens with zero attached hydrogens (tertiary/aromatic N) is 3. The lowest BCUT2D eigenvalue weighted by atomic mass is 10.1. The Morgan fingerprint density at radius 2 is 1.86 bits per heavy atom. The molecule has 21 heavy (non-hydrogen) atoms. The summed E-state index contributed by atoms with van der Waals surface area (Å²) in [6, 6.07) is 9.86. The summed E-state index contributed by atoms with van der Waals surface area (Å²) in [5.74, 6) is 0.0858. The number of hydrogen-bond acceptors (Lipinski definition) is 2. The smallest absolute Gasteiger partial charge is 0.246 e. The molecule has 1 atom stereocenters. The number of carbonyl (C=O) groups excluding carboxylic acids is 1. The molecule has 0 aliphatic heterocycles. The standard InChI is InChI=1S/C17H23N3O/c1-6-15(17(21)19(4)5)20-13(3)12(2)16(18-20)14-10-8-7-9-11-14/h7-11,15H,6H2,1-5H3. The average molecular weight is 285 g/mol. The quantitative estimate of drug-likeness (QED) is 0.865. The van der Waals surface area contributed by atoms with Gasteiger partial charge in [-0.3, -0.25) is 9.48 Å². The van der Waals surface area contributed by atoms with E-state index in [4.69, 9.17) is 5.10 Å². The molecule has 1 unspecified atom stereocenters. The molecule has 0 saturated carbocycles. The highest BCUT2D eigenvalue weighted by Crippen LogP contribution is 2.27. The third kappa shape index (κ3) is 2.84. The van der Waals surface area contributed by atoms with Gasteiger partial charge in [0.05, 0.1) is 5.69 Å². The van der Waals surface area contributed by atoms with E-state index < -0.39 is 0 Å². The van der Waals surface area contributed by atoms with Crippen LogP contribution in [0.15, 0.2) is 30.3 Å². The van der Waals surface area contributed by atoms with Crippen molar-refractivity contribution in [3.63, 3.8) is 0 Å². The van der Waals surface area contributed by atoms with E-state index in [1.54, 1.807) is 19.0 Å². The maximum absolute atomic E-state index is 12.3. The number of hydrogen-bond donors (Lipinski definition) is 0. The van der Waals surface area contributed by atoms with E-state index in [0.717, 1.165) is 28.9 Å². The van der Waals surface area contributed by atoms with E-state index in [1.807, 2.05) is 48.9 Å². The van der Waals surface area contributed by atoms with Gasteiger partial charge in [0.1, 0.15) is 6.04 Å². The van der Waals surface area contributed by atoms with E-state index in [1.165, 1.54) is 0 Å². The van der Waals surface area contributed by atoms with E-state index in [-0.39, 0.29) is 11.9 Å². The van der Waals surface area contributed by atoms with Gasteiger partial charge in [0, 0.05) is 25.4 Å². The van der Waals surface area contributed by atoms with Gasteiger partial charge in [-0.05, 0) is 25.8 Å². The van der Waals surface area contributed by atoms with Crippen LogP contribution < -0.4 is 0 Å². The van der Waals surface area contributed by atoms with Crippen LogP contribution in [0.25, 0.3) is 11.3 Å². The molecule has 0 bridgehead atoms. The zero-order chi connectivity index (χ0) is 15.6. The fourth-order valence-corrected chi connectivity index (χ4v) is 2.52. The van der Waals surface area contributed by atoms with Crippen molar-refractivity contribution in [2.75, 3.05) is 14.1 Å². The first-order valence-electron chi connectivity index (χ1n) is 7.29. The number of aromatic nitrogens is 2. The van der Waals surface area contributed by atoms with Crippen molar-refractivity contribution in [3.8, 4) is 11.3 Å². The normalized spacial score (nSPS) is 12.2. The van der Waals surface area contributed by atoms with E-state index in [9.17, 15) is 4.79 Å². The molecule has 1 aromatic carbocycles. The number of rotatable bonds is 4. The molecule has 4 heteroatoms. The summed E-state index contributed by atoms with van der Waals surface area (Å²) >= 11 is 0. The average Bonchev–Trinajstić information content (AvgIpc) is 2.77. The van der Waals surface area contributed by atoms with Gasteiger partial charge in [-0.2, -0.15) is 5.10 Å².